The predicted octanol–water partition coefficient (Wildman–Crippen LogP) is 6.62. The number of ether oxygens (including phenoxy) is 1. The van der Waals surface area contributed by atoms with Gasteiger partial charge in [0.2, 0.25) is 0 Å². The van der Waals surface area contributed by atoms with Crippen molar-refractivity contribution in [1.29, 1.82) is 0 Å². The highest BCUT2D eigenvalue weighted by Crippen LogP contribution is 2.35. The first-order valence-corrected chi connectivity index (χ1v) is 9.70. The third kappa shape index (κ3) is 10.8. The van der Waals surface area contributed by atoms with Gasteiger partial charge in [-0.3, -0.25) is 4.79 Å². The number of esters is 1. The maximum Gasteiger partial charge on any atom is 0.306 e. The summed E-state index contributed by atoms with van der Waals surface area (Å²) in [6.45, 7) is 18.7. The van der Waals surface area contributed by atoms with Crippen molar-refractivity contribution in [2.24, 2.45) is 22.7 Å². The molecule has 2 nitrogen and oxygen atoms in total. The van der Waals surface area contributed by atoms with Crippen LogP contribution in [0.15, 0.2) is 0 Å². The van der Waals surface area contributed by atoms with E-state index in [4.69, 9.17) is 4.74 Å². The zero-order valence-corrected chi connectivity index (χ0v) is 17.1. The summed E-state index contributed by atoms with van der Waals surface area (Å²) in [6, 6.07) is 0. The van der Waals surface area contributed by atoms with Crippen molar-refractivity contribution in [3.05, 3.63) is 0 Å². The lowest BCUT2D eigenvalue weighted by atomic mass is 9.75. The van der Waals surface area contributed by atoms with Crippen molar-refractivity contribution in [2.45, 2.75) is 100 Å². The van der Waals surface area contributed by atoms with Gasteiger partial charge in [0.25, 0.3) is 0 Å². The van der Waals surface area contributed by atoms with Crippen LogP contribution in [0.1, 0.15) is 100 Å². The van der Waals surface area contributed by atoms with Crippen molar-refractivity contribution in [3.63, 3.8) is 0 Å². The molecule has 0 N–H and O–H groups in total. The number of carbonyl (C=O) groups is 1. The van der Waals surface area contributed by atoms with E-state index in [1.54, 1.807) is 0 Å². The average Bonchev–Trinajstić information content (AvgIpc) is 2.44. The van der Waals surface area contributed by atoms with E-state index < -0.39 is 0 Å². The van der Waals surface area contributed by atoms with Crippen LogP contribution in [-0.4, -0.2) is 12.6 Å². The summed E-state index contributed by atoms with van der Waals surface area (Å²) in [4.78, 5) is 12.1. The minimum absolute atomic E-state index is 0.00522. The smallest absolute Gasteiger partial charge is 0.306 e. The summed E-state index contributed by atoms with van der Waals surface area (Å²) >= 11 is 0. The molecule has 0 aliphatic carbocycles. The molecule has 138 valence electrons. The Labute approximate surface area is 145 Å². The first kappa shape index (κ1) is 22.5. The quantitative estimate of drug-likeness (QED) is 0.398. The van der Waals surface area contributed by atoms with Crippen LogP contribution in [0.25, 0.3) is 0 Å². The van der Waals surface area contributed by atoms with Crippen LogP contribution in [-0.2, 0) is 9.53 Å². The molecule has 2 atom stereocenters. The standard InChI is InChI=1S/C21H42O2/c1-9-18(16-21(8,10-2)11-3)14-19(22)23-13-12-17(4)15-20(5,6)7/h17-18H,9-16H2,1-8H3. The molecule has 0 fully saturated rings. The van der Waals surface area contributed by atoms with Crippen LogP contribution in [0.3, 0.4) is 0 Å². The van der Waals surface area contributed by atoms with Crippen LogP contribution in [0.4, 0.5) is 0 Å². The highest BCUT2D eigenvalue weighted by Gasteiger charge is 2.25. The van der Waals surface area contributed by atoms with Crippen molar-refractivity contribution in [2.75, 3.05) is 6.61 Å². The summed E-state index contributed by atoms with van der Waals surface area (Å²) < 4.78 is 5.50. The zero-order valence-electron chi connectivity index (χ0n) is 17.1. The van der Waals surface area contributed by atoms with E-state index >= 15 is 0 Å². The first-order valence-electron chi connectivity index (χ1n) is 9.70. The Kier molecular flexibility index (Phi) is 10.1. The van der Waals surface area contributed by atoms with Crippen molar-refractivity contribution in [1.82, 2.24) is 0 Å². The summed E-state index contributed by atoms with van der Waals surface area (Å²) in [7, 11) is 0. The molecule has 0 aliphatic heterocycles. The largest absolute Gasteiger partial charge is 0.466 e. The molecule has 0 spiro atoms. The van der Waals surface area contributed by atoms with Crippen LogP contribution >= 0.6 is 0 Å². The monoisotopic (exact) mass is 326 g/mol. The summed E-state index contributed by atoms with van der Waals surface area (Å²) in [5.74, 6) is 1.06. The Morgan fingerprint density at radius 3 is 2.00 bits per heavy atom. The second kappa shape index (κ2) is 10.4. The van der Waals surface area contributed by atoms with Gasteiger partial charge in [-0.1, -0.05) is 74.7 Å². The van der Waals surface area contributed by atoms with E-state index in [-0.39, 0.29) is 5.97 Å². The Balaban J connectivity index is 4.16. The van der Waals surface area contributed by atoms with Crippen molar-refractivity contribution < 1.29 is 9.53 Å². The normalized spacial score (nSPS) is 15.3. The third-order valence-electron chi connectivity index (χ3n) is 5.36. The molecular formula is C21H42O2. The minimum atomic E-state index is -0.00522. The Bertz CT molecular complexity index is 323. The van der Waals surface area contributed by atoms with E-state index in [0.717, 1.165) is 19.3 Å². The number of hydrogen-bond donors (Lipinski definition) is 0. The number of hydrogen-bond acceptors (Lipinski definition) is 2. The summed E-state index contributed by atoms with van der Waals surface area (Å²) in [5.41, 5.74) is 0.712. The summed E-state index contributed by atoms with van der Waals surface area (Å²) in [6.07, 6.45) is 7.28. The lowest BCUT2D eigenvalue weighted by Gasteiger charge is -2.30. The van der Waals surface area contributed by atoms with E-state index in [2.05, 4.69) is 55.4 Å². The Hall–Kier alpha value is -0.530. The third-order valence-corrected chi connectivity index (χ3v) is 5.36. The van der Waals surface area contributed by atoms with Gasteiger partial charge < -0.3 is 4.74 Å². The predicted molar refractivity (Wildman–Crippen MR) is 101 cm³/mol. The van der Waals surface area contributed by atoms with Gasteiger partial charge >= 0.3 is 5.97 Å². The molecule has 0 saturated carbocycles. The highest BCUT2D eigenvalue weighted by atomic mass is 16.5. The molecule has 0 aromatic heterocycles. The Morgan fingerprint density at radius 2 is 1.57 bits per heavy atom. The van der Waals surface area contributed by atoms with E-state index in [0.29, 0.717) is 35.7 Å². The molecule has 0 amide bonds. The first-order chi connectivity index (χ1) is 10.5. The zero-order chi connectivity index (χ0) is 18.1. The van der Waals surface area contributed by atoms with Crippen LogP contribution in [0, 0.1) is 22.7 Å². The molecule has 0 bridgehead atoms. The van der Waals surface area contributed by atoms with E-state index in [1.807, 2.05) is 0 Å². The molecule has 0 aliphatic rings. The number of rotatable bonds is 11. The topological polar surface area (TPSA) is 26.3 Å². The molecule has 0 rings (SSSR count). The lowest BCUT2D eigenvalue weighted by molar-refractivity contribution is -0.145. The van der Waals surface area contributed by atoms with E-state index in [9.17, 15) is 4.79 Å². The van der Waals surface area contributed by atoms with Gasteiger partial charge in [-0.25, -0.2) is 0 Å². The lowest BCUT2D eigenvalue weighted by Crippen LogP contribution is -2.22. The molecule has 0 aromatic rings. The van der Waals surface area contributed by atoms with Gasteiger partial charge in [-0.15, -0.1) is 0 Å². The molecule has 2 heteroatoms. The fourth-order valence-corrected chi connectivity index (χ4v) is 3.41. The second-order valence-electron chi connectivity index (χ2n) is 9.08. The van der Waals surface area contributed by atoms with Crippen molar-refractivity contribution in [3.8, 4) is 0 Å². The second-order valence-corrected chi connectivity index (χ2v) is 9.08. The molecule has 2 unspecified atom stereocenters. The SMILES string of the molecule is CCC(CC(=O)OCCC(C)CC(C)(C)C)CC(C)(CC)CC. The van der Waals surface area contributed by atoms with Gasteiger partial charge in [-0.05, 0) is 41.9 Å². The molecule has 0 saturated heterocycles. The van der Waals surface area contributed by atoms with Gasteiger partial charge in [0.05, 0.1) is 6.61 Å². The van der Waals surface area contributed by atoms with Crippen LogP contribution < -0.4 is 0 Å². The average molecular weight is 327 g/mol. The van der Waals surface area contributed by atoms with Crippen molar-refractivity contribution >= 4 is 5.97 Å². The minimum Gasteiger partial charge on any atom is -0.466 e. The highest BCUT2D eigenvalue weighted by molar-refractivity contribution is 5.69. The maximum absolute atomic E-state index is 12.1. The molecular weight excluding hydrogens is 284 g/mol. The fourth-order valence-electron chi connectivity index (χ4n) is 3.41. The van der Waals surface area contributed by atoms with Gasteiger partial charge in [0.1, 0.15) is 0 Å². The molecule has 0 radical (unpaired) electrons. The van der Waals surface area contributed by atoms with Crippen LogP contribution in [0.5, 0.6) is 0 Å². The number of carbonyl (C=O) groups excluding carboxylic acids is 1. The van der Waals surface area contributed by atoms with Gasteiger partial charge in [0.15, 0.2) is 0 Å². The van der Waals surface area contributed by atoms with E-state index in [1.165, 1.54) is 19.3 Å². The molecule has 0 aromatic carbocycles. The van der Waals surface area contributed by atoms with Gasteiger partial charge in [-0.2, -0.15) is 0 Å². The fraction of sp³-hybridized carbons (Fsp3) is 0.952. The maximum atomic E-state index is 12.1. The molecule has 23 heavy (non-hydrogen) atoms. The molecule has 0 heterocycles. The van der Waals surface area contributed by atoms with Gasteiger partial charge in [0, 0.05) is 6.42 Å². The summed E-state index contributed by atoms with van der Waals surface area (Å²) in [5, 5.41) is 0. The Morgan fingerprint density at radius 1 is 1.00 bits per heavy atom. The van der Waals surface area contributed by atoms with Crippen LogP contribution in [0.2, 0.25) is 0 Å².